The Morgan fingerprint density at radius 1 is 0.370 bits per heavy atom. The van der Waals surface area contributed by atoms with E-state index in [-0.39, 0.29) is 0 Å². The van der Waals surface area contributed by atoms with Crippen LogP contribution in [0.4, 0.5) is 0 Å². The molecular weight excluding hydrogens is 600 g/mol. The van der Waals surface area contributed by atoms with Gasteiger partial charge in [-0.2, -0.15) is 0 Å². The van der Waals surface area contributed by atoms with Gasteiger partial charge in [0, 0.05) is 49.2 Å². The van der Waals surface area contributed by atoms with Gasteiger partial charge in [-0.3, -0.25) is 4.98 Å². The molecule has 222 valence electrons. The maximum Gasteiger partial charge on any atom is 0.171 e. The van der Waals surface area contributed by atoms with Crippen LogP contribution < -0.4 is 31.8 Å². The van der Waals surface area contributed by atoms with E-state index in [4.69, 9.17) is 4.98 Å². The SMILES string of the molecule is O=P(c1ccccc1)(c1ccccc1)c1ccc(P(=O)(c2ccccc2)c2ccccc2)c(-c2ccc(-c3ccccc3)nc2)c1. The van der Waals surface area contributed by atoms with Crippen molar-refractivity contribution in [1.29, 1.82) is 0 Å². The fourth-order valence-electron chi connectivity index (χ4n) is 5.98. The van der Waals surface area contributed by atoms with E-state index in [0.717, 1.165) is 43.6 Å². The van der Waals surface area contributed by atoms with Gasteiger partial charge in [0.25, 0.3) is 0 Å². The first-order chi connectivity index (χ1) is 22.6. The van der Waals surface area contributed by atoms with Gasteiger partial charge in [-0.15, -0.1) is 0 Å². The lowest BCUT2D eigenvalue weighted by atomic mass is 10.1. The van der Waals surface area contributed by atoms with Crippen LogP contribution in [0.25, 0.3) is 22.4 Å². The van der Waals surface area contributed by atoms with Crippen molar-refractivity contribution >= 4 is 46.1 Å². The predicted octanol–water partition coefficient (Wildman–Crippen LogP) is 7.69. The molecule has 0 spiro atoms. The summed E-state index contributed by atoms with van der Waals surface area (Å²) in [6.45, 7) is 0. The lowest BCUT2D eigenvalue weighted by molar-refractivity contribution is 0.591. The number of pyridine rings is 1. The van der Waals surface area contributed by atoms with Crippen LogP contribution in [0.1, 0.15) is 0 Å². The lowest BCUT2D eigenvalue weighted by Gasteiger charge is -2.26. The molecule has 0 fully saturated rings. The fourth-order valence-corrected chi connectivity index (χ4v) is 11.5. The molecule has 0 aliphatic rings. The molecule has 0 aliphatic heterocycles. The largest absolute Gasteiger partial charge is 0.309 e. The third-order valence-electron chi connectivity index (χ3n) is 8.31. The minimum Gasteiger partial charge on any atom is -0.309 e. The highest BCUT2D eigenvalue weighted by Gasteiger charge is 2.35. The average Bonchev–Trinajstić information content (AvgIpc) is 3.16. The topological polar surface area (TPSA) is 47.0 Å². The molecule has 0 saturated heterocycles. The maximum atomic E-state index is 15.7. The highest BCUT2D eigenvalue weighted by molar-refractivity contribution is 7.86. The molecule has 3 nitrogen and oxygen atoms in total. The van der Waals surface area contributed by atoms with Gasteiger partial charge in [0.1, 0.15) is 0 Å². The number of benzene rings is 6. The Balaban J connectivity index is 1.51. The van der Waals surface area contributed by atoms with E-state index < -0.39 is 14.3 Å². The van der Waals surface area contributed by atoms with Gasteiger partial charge in [0.15, 0.2) is 14.3 Å². The van der Waals surface area contributed by atoms with Crippen LogP contribution in [0.2, 0.25) is 0 Å². The van der Waals surface area contributed by atoms with Crippen molar-refractivity contribution < 1.29 is 9.13 Å². The van der Waals surface area contributed by atoms with Crippen molar-refractivity contribution in [2.75, 3.05) is 0 Å². The summed E-state index contributed by atoms with van der Waals surface area (Å²) in [5.74, 6) is 0. The number of hydrogen-bond donors (Lipinski definition) is 0. The van der Waals surface area contributed by atoms with Crippen LogP contribution in [-0.4, -0.2) is 4.98 Å². The Morgan fingerprint density at radius 2 is 0.804 bits per heavy atom. The summed E-state index contributed by atoms with van der Waals surface area (Å²) in [6, 6.07) is 58.4. The second kappa shape index (κ2) is 12.7. The van der Waals surface area contributed by atoms with Crippen molar-refractivity contribution in [2.24, 2.45) is 0 Å². The first kappa shape index (κ1) is 29.6. The number of nitrogens with zero attached hydrogens (tertiary/aromatic N) is 1. The molecule has 1 aromatic heterocycles. The van der Waals surface area contributed by atoms with Crippen LogP contribution in [0.5, 0.6) is 0 Å². The van der Waals surface area contributed by atoms with Crippen molar-refractivity contribution in [3.05, 3.63) is 188 Å². The van der Waals surface area contributed by atoms with E-state index in [0.29, 0.717) is 10.6 Å². The first-order valence-corrected chi connectivity index (χ1v) is 18.6. The van der Waals surface area contributed by atoms with Gasteiger partial charge in [-0.1, -0.05) is 164 Å². The summed E-state index contributed by atoms with van der Waals surface area (Å²) in [4.78, 5) is 4.84. The molecule has 0 atom stereocenters. The van der Waals surface area contributed by atoms with Crippen LogP contribution in [0.3, 0.4) is 0 Å². The molecule has 46 heavy (non-hydrogen) atoms. The molecule has 7 aromatic rings. The average molecular weight is 632 g/mol. The monoisotopic (exact) mass is 631 g/mol. The zero-order chi connectivity index (χ0) is 31.4. The molecule has 0 N–H and O–H groups in total. The van der Waals surface area contributed by atoms with Gasteiger partial charge in [-0.25, -0.2) is 0 Å². The number of rotatable bonds is 8. The van der Waals surface area contributed by atoms with Gasteiger partial charge in [0.2, 0.25) is 0 Å². The van der Waals surface area contributed by atoms with E-state index in [1.807, 2.05) is 188 Å². The molecular formula is C41H31NO2P2. The van der Waals surface area contributed by atoms with Crippen molar-refractivity contribution in [3.63, 3.8) is 0 Å². The Bertz CT molecular complexity index is 2080. The molecule has 0 bridgehead atoms. The second-order valence-electron chi connectivity index (χ2n) is 11.1. The number of hydrogen-bond acceptors (Lipinski definition) is 3. The third-order valence-corrected chi connectivity index (χ3v) is 14.5. The van der Waals surface area contributed by atoms with E-state index in [1.165, 1.54) is 0 Å². The summed E-state index contributed by atoms with van der Waals surface area (Å²) in [6.07, 6.45) is 1.83. The Hall–Kier alpha value is -5.07. The second-order valence-corrected chi connectivity index (χ2v) is 16.6. The Morgan fingerprint density at radius 3 is 1.24 bits per heavy atom. The van der Waals surface area contributed by atoms with Gasteiger partial charge in [0.05, 0.1) is 5.69 Å². The molecule has 0 aliphatic carbocycles. The summed E-state index contributed by atoms with van der Waals surface area (Å²) in [5, 5.41) is 4.30. The highest BCUT2D eigenvalue weighted by Crippen LogP contribution is 2.48. The summed E-state index contributed by atoms with van der Waals surface area (Å²) in [5.41, 5.74) is 3.40. The summed E-state index contributed by atoms with van der Waals surface area (Å²) < 4.78 is 31.2. The standard InChI is InChI=1S/C41H31NO2P2/c43-45(34-18-8-2-9-19-34,35-20-10-3-11-21-35)38-27-29-41(46(44,36-22-12-4-13-23-36)37-24-14-5-15-25-37)39(30-38)33-26-28-40(42-31-33)32-16-6-1-7-17-32/h1-31H. The minimum atomic E-state index is -3.38. The molecule has 0 amide bonds. The Kier molecular flexibility index (Phi) is 8.20. The van der Waals surface area contributed by atoms with Crippen molar-refractivity contribution in [2.45, 2.75) is 0 Å². The van der Waals surface area contributed by atoms with Crippen LogP contribution in [0, 0.1) is 0 Å². The van der Waals surface area contributed by atoms with E-state index >= 15 is 9.13 Å². The van der Waals surface area contributed by atoms with Crippen LogP contribution >= 0.6 is 14.3 Å². The molecule has 6 aromatic carbocycles. The quantitative estimate of drug-likeness (QED) is 0.162. The normalized spacial score (nSPS) is 11.7. The molecule has 0 radical (unpaired) electrons. The van der Waals surface area contributed by atoms with E-state index in [2.05, 4.69) is 0 Å². The van der Waals surface area contributed by atoms with Crippen LogP contribution in [-0.2, 0) is 9.13 Å². The Labute approximate surface area is 270 Å². The zero-order valence-electron chi connectivity index (χ0n) is 25.1. The molecule has 5 heteroatoms. The first-order valence-electron chi connectivity index (χ1n) is 15.2. The molecule has 0 unspecified atom stereocenters. The van der Waals surface area contributed by atoms with Crippen LogP contribution in [0.15, 0.2) is 188 Å². The number of aromatic nitrogens is 1. The molecule has 0 saturated carbocycles. The van der Waals surface area contributed by atoms with Gasteiger partial charge in [-0.05, 0) is 23.8 Å². The predicted molar refractivity (Wildman–Crippen MR) is 194 cm³/mol. The summed E-state index contributed by atoms with van der Waals surface area (Å²) >= 11 is 0. The summed E-state index contributed by atoms with van der Waals surface area (Å²) in [7, 11) is -6.69. The van der Waals surface area contributed by atoms with Gasteiger partial charge >= 0.3 is 0 Å². The van der Waals surface area contributed by atoms with E-state index in [1.54, 1.807) is 0 Å². The highest BCUT2D eigenvalue weighted by atomic mass is 31.2. The van der Waals surface area contributed by atoms with Crippen molar-refractivity contribution in [1.82, 2.24) is 4.98 Å². The van der Waals surface area contributed by atoms with Crippen molar-refractivity contribution in [3.8, 4) is 22.4 Å². The smallest absolute Gasteiger partial charge is 0.171 e. The molecule has 7 rings (SSSR count). The third kappa shape index (κ3) is 5.39. The van der Waals surface area contributed by atoms with E-state index in [9.17, 15) is 0 Å². The van der Waals surface area contributed by atoms with Gasteiger partial charge < -0.3 is 9.13 Å². The lowest BCUT2D eigenvalue weighted by Crippen LogP contribution is -2.30. The zero-order valence-corrected chi connectivity index (χ0v) is 26.8. The maximum absolute atomic E-state index is 15.7. The fraction of sp³-hybridized carbons (Fsp3) is 0. The molecule has 1 heterocycles. The minimum absolute atomic E-state index is 0.670.